The van der Waals surface area contributed by atoms with Gasteiger partial charge in [-0.25, -0.2) is 4.79 Å². The van der Waals surface area contributed by atoms with Gasteiger partial charge < -0.3 is 19.2 Å². The molecule has 1 aromatic heterocycles. The van der Waals surface area contributed by atoms with E-state index in [9.17, 15) is 9.59 Å². The summed E-state index contributed by atoms with van der Waals surface area (Å²) in [6.07, 6.45) is 0. The predicted molar refractivity (Wildman–Crippen MR) is 79.0 cm³/mol. The third kappa shape index (κ3) is 3.11. The number of hydrogen-bond acceptors (Lipinski definition) is 4. The molecule has 0 unspecified atom stereocenters. The van der Waals surface area contributed by atoms with Crippen molar-refractivity contribution in [2.45, 2.75) is 19.4 Å². The van der Waals surface area contributed by atoms with E-state index in [2.05, 4.69) is 0 Å². The second-order valence-electron chi connectivity index (χ2n) is 5.26. The Morgan fingerprint density at radius 3 is 2.36 bits per heavy atom. The van der Waals surface area contributed by atoms with Gasteiger partial charge in [0.15, 0.2) is 5.76 Å². The van der Waals surface area contributed by atoms with Crippen LogP contribution in [0.2, 0.25) is 0 Å². The second-order valence-corrected chi connectivity index (χ2v) is 5.26. The fraction of sp³-hybridized carbons (Fsp3) is 0.250. The van der Waals surface area contributed by atoms with Crippen LogP contribution in [-0.2, 0) is 4.79 Å². The molecule has 6 heteroatoms. The molecular weight excluding hydrogens is 286 g/mol. The number of aliphatic carboxylic acids is 1. The van der Waals surface area contributed by atoms with Gasteiger partial charge in [-0.05, 0) is 32.0 Å². The first-order chi connectivity index (χ1) is 10.3. The number of carboxylic acid groups (broad SMARTS) is 1. The van der Waals surface area contributed by atoms with E-state index in [-0.39, 0.29) is 11.7 Å². The van der Waals surface area contributed by atoms with Crippen molar-refractivity contribution in [2.75, 3.05) is 7.05 Å². The predicted octanol–water partition coefficient (Wildman–Crippen LogP) is 3.01. The van der Waals surface area contributed by atoms with Crippen molar-refractivity contribution in [3.05, 3.63) is 48.2 Å². The van der Waals surface area contributed by atoms with Crippen LogP contribution in [-0.4, -0.2) is 34.5 Å². The second kappa shape index (κ2) is 5.93. The first kappa shape index (κ1) is 15.6. The van der Waals surface area contributed by atoms with E-state index in [1.54, 1.807) is 12.1 Å². The Morgan fingerprint density at radius 1 is 1.14 bits per heavy atom. The number of furan rings is 1. The van der Waals surface area contributed by atoms with Crippen molar-refractivity contribution >= 4 is 11.9 Å². The lowest BCUT2D eigenvalue weighted by Gasteiger charge is -2.30. The van der Waals surface area contributed by atoms with Crippen LogP contribution in [0.1, 0.15) is 24.4 Å². The molecule has 1 heterocycles. The van der Waals surface area contributed by atoms with Gasteiger partial charge in [0.2, 0.25) is 0 Å². The molecule has 2 rings (SSSR count). The summed E-state index contributed by atoms with van der Waals surface area (Å²) in [5.41, 5.74) is -1.34. The number of ether oxygens (including phenoxy) is 1. The lowest BCUT2D eigenvalue weighted by Crippen LogP contribution is -2.50. The molecule has 0 bridgehead atoms. The zero-order valence-electron chi connectivity index (χ0n) is 12.6. The van der Waals surface area contributed by atoms with Gasteiger partial charge in [0.25, 0.3) is 11.9 Å². The normalized spacial score (nSPS) is 11.0. The number of carbonyl (C=O) groups is 2. The highest BCUT2D eigenvalue weighted by Crippen LogP contribution is 2.25. The van der Waals surface area contributed by atoms with Crippen LogP contribution in [0.3, 0.4) is 0 Å². The van der Waals surface area contributed by atoms with E-state index in [0.717, 1.165) is 4.90 Å². The summed E-state index contributed by atoms with van der Waals surface area (Å²) >= 11 is 0. The fourth-order valence-corrected chi connectivity index (χ4v) is 1.66. The van der Waals surface area contributed by atoms with E-state index in [0.29, 0.717) is 5.75 Å². The molecule has 22 heavy (non-hydrogen) atoms. The third-order valence-electron chi connectivity index (χ3n) is 3.42. The van der Waals surface area contributed by atoms with Crippen LogP contribution in [0.15, 0.2) is 46.9 Å². The zero-order chi connectivity index (χ0) is 16.3. The van der Waals surface area contributed by atoms with Crippen LogP contribution in [0, 0.1) is 0 Å². The van der Waals surface area contributed by atoms with E-state index >= 15 is 0 Å². The van der Waals surface area contributed by atoms with Crippen LogP contribution < -0.4 is 4.74 Å². The number of amides is 1. The SMILES string of the molecule is CN(C(=O)c1ccc(Oc2ccccc2)o1)C(C)(C)C(=O)O. The largest absolute Gasteiger partial charge is 0.480 e. The molecule has 0 aliphatic carbocycles. The Bertz CT molecular complexity index is 675. The highest BCUT2D eigenvalue weighted by Gasteiger charge is 2.36. The Morgan fingerprint density at radius 2 is 1.77 bits per heavy atom. The highest BCUT2D eigenvalue weighted by molar-refractivity contribution is 5.95. The monoisotopic (exact) mass is 303 g/mol. The number of benzene rings is 1. The van der Waals surface area contributed by atoms with Gasteiger partial charge in [-0.3, -0.25) is 4.79 Å². The molecular formula is C16H17NO5. The van der Waals surface area contributed by atoms with Crippen molar-refractivity contribution in [1.82, 2.24) is 4.90 Å². The fourth-order valence-electron chi connectivity index (χ4n) is 1.66. The van der Waals surface area contributed by atoms with Crippen LogP contribution in [0.5, 0.6) is 11.7 Å². The van der Waals surface area contributed by atoms with Crippen molar-refractivity contribution in [3.63, 3.8) is 0 Å². The van der Waals surface area contributed by atoms with Gasteiger partial charge in [-0.15, -0.1) is 0 Å². The van der Waals surface area contributed by atoms with E-state index in [4.69, 9.17) is 14.3 Å². The molecule has 0 aliphatic rings. The molecule has 0 atom stereocenters. The van der Waals surface area contributed by atoms with Crippen molar-refractivity contribution in [2.24, 2.45) is 0 Å². The Kier molecular flexibility index (Phi) is 4.21. The molecule has 1 amide bonds. The van der Waals surface area contributed by atoms with Crippen molar-refractivity contribution in [1.29, 1.82) is 0 Å². The summed E-state index contributed by atoms with van der Waals surface area (Å²) in [5, 5.41) is 9.16. The molecule has 0 fully saturated rings. The lowest BCUT2D eigenvalue weighted by molar-refractivity contribution is -0.147. The smallest absolute Gasteiger partial charge is 0.329 e. The number of likely N-dealkylation sites (N-methyl/N-ethyl adjacent to an activating group) is 1. The minimum atomic E-state index is -1.34. The summed E-state index contributed by atoms with van der Waals surface area (Å²) in [4.78, 5) is 24.6. The molecule has 2 aromatic rings. The van der Waals surface area contributed by atoms with Gasteiger partial charge in [-0.2, -0.15) is 0 Å². The quantitative estimate of drug-likeness (QED) is 0.918. The zero-order valence-corrected chi connectivity index (χ0v) is 12.6. The summed E-state index contributed by atoms with van der Waals surface area (Å²) < 4.78 is 10.8. The van der Waals surface area contributed by atoms with Gasteiger partial charge in [0.1, 0.15) is 11.3 Å². The van der Waals surface area contributed by atoms with E-state index < -0.39 is 17.4 Å². The number of carbonyl (C=O) groups excluding carboxylic acids is 1. The lowest BCUT2D eigenvalue weighted by atomic mass is 10.0. The van der Waals surface area contributed by atoms with Crippen molar-refractivity contribution in [3.8, 4) is 11.7 Å². The molecule has 0 radical (unpaired) electrons. The minimum absolute atomic E-state index is 0.0164. The maximum Gasteiger partial charge on any atom is 0.329 e. The van der Waals surface area contributed by atoms with E-state index in [1.807, 2.05) is 18.2 Å². The summed E-state index contributed by atoms with van der Waals surface area (Å²) in [6.45, 7) is 2.88. The number of carboxylic acids is 1. The first-order valence-electron chi connectivity index (χ1n) is 6.66. The Balaban J connectivity index is 2.14. The van der Waals surface area contributed by atoms with Gasteiger partial charge in [0, 0.05) is 13.1 Å². The number of rotatable bonds is 5. The van der Waals surface area contributed by atoms with Gasteiger partial charge in [0.05, 0.1) is 0 Å². The molecule has 1 N–H and O–H groups in total. The molecule has 1 aromatic carbocycles. The maximum absolute atomic E-state index is 12.3. The standard InChI is InChI=1S/C16H17NO5/c1-16(2,15(19)20)17(3)14(18)12-9-10-13(22-12)21-11-7-5-4-6-8-11/h4-10H,1-3H3,(H,19,20). The summed E-state index contributed by atoms with van der Waals surface area (Å²) in [7, 11) is 1.41. The van der Waals surface area contributed by atoms with Crippen LogP contribution in [0.25, 0.3) is 0 Å². The molecule has 0 aliphatic heterocycles. The summed E-state index contributed by atoms with van der Waals surface area (Å²) in [5.74, 6) is -0.875. The topological polar surface area (TPSA) is 80.0 Å². The molecule has 0 saturated heterocycles. The maximum atomic E-state index is 12.3. The average Bonchev–Trinajstić information content (AvgIpc) is 2.95. The first-order valence-corrected chi connectivity index (χ1v) is 6.66. The average molecular weight is 303 g/mol. The van der Waals surface area contributed by atoms with Crippen LogP contribution >= 0.6 is 0 Å². The van der Waals surface area contributed by atoms with Gasteiger partial charge in [-0.1, -0.05) is 18.2 Å². The summed E-state index contributed by atoms with van der Waals surface area (Å²) in [6, 6.07) is 12.0. The molecule has 0 spiro atoms. The third-order valence-corrected chi connectivity index (χ3v) is 3.42. The molecule has 0 saturated carbocycles. The number of nitrogens with zero attached hydrogens (tertiary/aromatic N) is 1. The highest BCUT2D eigenvalue weighted by atomic mass is 16.6. The minimum Gasteiger partial charge on any atom is -0.480 e. The van der Waals surface area contributed by atoms with Crippen LogP contribution in [0.4, 0.5) is 0 Å². The molecule has 6 nitrogen and oxygen atoms in total. The number of hydrogen-bond donors (Lipinski definition) is 1. The van der Waals surface area contributed by atoms with E-state index in [1.165, 1.54) is 33.0 Å². The Hall–Kier alpha value is -2.76. The number of para-hydroxylation sites is 1. The van der Waals surface area contributed by atoms with Crippen molar-refractivity contribution < 1.29 is 23.8 Å². The Labute approximate surface area is 127 Å². The van der Waals surface area contributed by atoms with Gasteiger partial charge >= 0.3 is 5.97 Å². The molecule has 116 valence electrons.